The van der Waals surface area contributed by atoms with E-state index in [-0.39, 0.29) is 19.0 Å². The number of anilines is 1. The van der Waals surface area contributed by atoms with Gasteiger partial charge in [0.2, 0.25) is 11.4 Å². The number of hydrogen-bond acceptors (Lipinski definition) is 2. The Kier molecular flexibility index (Phi) is 5.75. The lowest BCUT2D eigenvalue weighted by Crippen LogP contribution is -3.00. The normalized spacial score (nSPS) is 12.4. The molecule has 0 atom stereocenters. The lowest BCUT2D eigenvalue weighted by Gasteiger charge is -2.22. The Bertz CT molecular complexity index is 1010. The molecular weight excluding hydrogens is 379 g/mol. The van der Waals surface area contributed by atoms with Crippen LogP contribution in [0.15, 0.2) is 54.6 Å². The third-order valence-corrected chi connectivity index (χ3v) is 5.50. The Morgan fingerprint density at radius 3 is 2.44 bits per heavy atom. The second-order valence-corrected chi connectivity index (χ2v) is 6.96. The molecule has 0 aromatic heterocycles. The average molecular weight is 401 g/mol. The number of aliphatic hydroxyl groups is 1. The molecule has 3 aromatic rings. The summed E-state index contributed by atoms with van der Waals surface area (Å²) >= 11 is 6.42. The predicted molar refractivity (Wildman–Crippen MR) is 109 cm³/mol. The lowest BCUT2D eigenvalue weighted by atomic mass is 9.98. The summed E-state index contributed by atoms with van der Waals surface area (Å²) in [5, 5.41) is 12.3. The molecule has 27 heavy (non-hydrogen) atoms. The molecule has 3 aromatic carbocycles. The first-order chi connectivity index (χ1) is 12.7. The summed E-state index contributed by atoms with van der Waals surface area (Å²) in [5.74, 6) is 0. The zero-order chi connectivity index (χ0) is 18.3. The van der Waals surface area contributed by atoms with E-state index in [2.05, 4.69) is 72.0 Å². The topological polar surface area (TPSA) is 26.5 Å². The first kappa shape index (κ1) is 19.7. The highest BCUT2D eigenvalue weighted by Crippen LogP contribution is 2.39. The molecule has 0 amide bonds. The van der Waals surface area contributed by atoms with Crippen LogP contribution in [0.5, 0.6) is 0 Å². The number of likely N-dealkylation sites (N-methyl/N-ethyl adjacent to an activating group) is 1. The van der Waals surface area contributed by atoms with Crippen LogP contribution in [0.25, 0.3) is 10.8 Å². The van der Waals surface area contributed by atoms with E-state index in [9.17, 15) is 5.11 Å². The molecule has 0 radical (unpaired) electrons. The molecule has 4 rings (SSSR count). The van der Waals surface area contributed by atoms with E-state index in [1.54, 1.807) is 0 Å². The van der Waals surface area contributed by atoms with Gasteiger partial charge in [-0.25, -0.2) is 0 Å². The highest BCUT2D eigenvalue weighted by atomic mass is 35.5. The van der Waals surface area contributed by atoms with Gasteiger partial charge in [-0.2, -0.15) is 4.58 Å². The summed E-state index contributed by atoms with van der Waals surface area (Å²) in [6.07, 6.45) is 0. The van der Waals surface area contributed by atoms with Crippen molar-refractivity contribution in [3.8, 4) is 0 Å². The summed E-state index contributed by atoms with van der Waals surface area (Å²) in [4.78, 5) is 2.17. The minimum atomic E-state index is 0. The fourth-order valence-electron chi connectivity index (χ4n) is 3.90. The van der Waals surface area contributed by atoms with Crippen molar-refractivity contribution in [2.75, 3.05) is 31.6 Å². The molecule has 5 heteroatoms. The van der Waals surface area contributed by atoms with Gasteiger partial charge in [-0.15, -0.1) is 0 Å². The van der Waals surface area contributed by atoms with E-state index in [0.29, 0.717) is 6.54 Å². The summed E-state index contributed by atoms with van der Waals surface area (Å²) in [6.45, 7) is 3.78. The Labute approximate surface area is 170 Å². The molecule has 1 aliphatic rings. The molecule has 0 bridgehead atoms. The van der Waals surface area contributed by atoms with Gasteiger partial charge in [-0.1, -0.05) is 23.7 Å². The van der Waals surface area contributed by atoms with Crippen LogP contribution in [0, 0.1) is 0 Å². The molecule has 1 N–H and O–H groups in total. The monoisotopic (exact) mass is 400 g/mol. The number of nitrogens with zero attached hydrogens (tertiary/aromatic N) is 2. The highest BCUT2D eigenvalue weighted by molar-refractivity contribution is 6.37. The quantitative estimate of drug-likeness (QED) is 0.655. The van der Waals surface area contributed by atoms with Crippen molar-refractivity contribution in [3.63, 3.8) is 0 Å². The van der Waals surface area contributed by atoms with E-state index < -0.39 is 0 Å². The van der Waals surface area contributed by atoms with Gasteiger partial charge in [0.25, 0.3) is 0 Å². The maximum absolute atomic E-state index is 9.24. The summed E-state index contributed by atoms with van der Waals surface area (Å²) in [6, 6.07) is 19.0. The largest absolute Gasteiger partial charge is 1.00 e. The third kappa shape index (κ3) is 3.20. The minimum absolute atomic E-state index is 0. The lowest BCUT2D eigenvalue weighted by molar-refractivity contribution is -0.399. The van der Waals surface area contributed by atoms with Crippen LogP contribution < -0.4 is 17.3 Å². The van der Waals surface area contributed by atoms with Crippen molar-refractivity contribution in [1.29, 1.82) is 0 Å². The van der Waals surface area contributed by atoms with Gasteiger partial charge in [0.1, 0.15) is 7.05 Å². The Morgan fingerprint density at radius 2 is 1.78 bits per heavy atom. The first-order valence-electron chi connectivity index (χ1n) is 8.94. The van der Waals surface area contributed by atoms with Crippen molar-refractivity contribution in [2.45, 2.75) is 6.92 Å². The van der Waals surface area contributed by atoms with Crippen LogP contribution >= 0.6 is 11.6 Å². The molecule has 0 spiro atoms. The summed E-state index contributed by atoms with van der Waals surface area (Å²) in [5.41, 5.74) is 5.92. The molecular formula is C22H22Cl2N2O. The van der Waals surface area contributed by atoms with Crippen LogP contribution in [0.4, 0.5) is 11.4 Å². The molecule has 140 valence electrons. The van der Waals surface area contributed by atoms with Crippen LogP contribution in [-0.4, -0.2) is 42.1 Å². The zero-order valence-electron chi connectivity index (χ0n) is 15.4. The average Bonchev–Trinajstić information content (AvgIpc) is 2.96. The number of rotatable bonds is 5. The molecule has 0 unspecified atom stereocenters. The number of benzene rings is 3. The molecule has 1 heterocycles. The van der Waals surface area contributed by atoms with Crippen LogP contribution in [-0.2, 0) is 0 Å². The zero-order valence-corrected chi connectivity index (χ0v) is 16.9. The molecule has 3 nitrogen and oxygen atoms in total. The maximum atomic E-state index is 9.24. The second-order valence-electron chi connectivity index (χ2n) is 6.55. The smallest absolute Gasteiger partial charge is 0.220 e. The first-order valence-corrected chi connectivity index (χ1v) is 9.32. The molecule has 1 aliphatic heterocycles. The van der Waals surface area contributed by atoms with Crippen molar-refractivity contribution in [2.24, 2.45) is 0 Å². The Hall–Kier alpha value is -2.07. The fraction of sp³-hybridized carbons (Fsp3) is 0.227. The second kappa shape index (κ2) is 7.89. The Morgan fingerprint density at radius 1 is 1.04 bits per heavy atom. The van der Waals surface area contributed by atoms with E-state index in [0.717, 1.165) is 22.6 Å². The van der Waals surface area contributed by atoms with Crippen LogP contribution in [0.1, 0.15) is 18.1 Å². The van der Waals surface area contributed by atoms with Crippen LogP contribution in [0.3, 0.4) is 0 Å². The van der Waals surface area contributed by atoms with E-state index in [1.807, 2.05) is 6.07 Å². The number of hydrogen-bond donors (Lipinski definition) is 1. The molecule has 0 saturated heterocycles. The molecule has 0 saturated carbocycles. The fourth-order valence-corrected chi connectivity index (χ4v) is 4.12. The SMILES string of the molecule is CCN(CCO)c1ccc(C2=[N+](C)c3ccc(Cl)c4cccc2c34)cc1.[Cl-]. The molecule has 0 fully saturated rings. The van der Waals surface area contributed by atoms with Crippen molar-refractivity contribution < 1.29 is 22.1 Å². The minimum Gasteiger partial charge on any atom is -1.00 e. The number of aliphatic hydroxyl groups excluding tert-OH is 1. The van der Waals surface area contributed by atoms with E-state index in [4.69, 9.17) is 11.6 Å². The van der Waals surface area contributed by atoms with Crippen molar-refractivity contribution >= 4 is 39.5 Å². The van der Waals surface area contributed by atoms with Crippen molar-refractivity contribution in [1.82, 2.24) is 0 Å². The van der Waals surface area contributed by atoms with Gasteiger partial charge in [-0.05, 0) is 43.3 Å². The summed E-state index contributed by atoms with van der Waals surface area (Å²) < 4.78 is 2.24. The maximum Gasteiger partial charge on any atom is 0.220 e. The Balaban J connectivity index is 0.00000210. The van der Waals surface area contributed by atoms with E-state index in [1.165, 1.54) is 27.9 Å². The van der Waals surface area contributed by atoms with Gasteiger partial charge >= 0.3 is 0 Å². The predicted octanol–water partition coefficient (Wildman–Crippen LogP) is 1.44. The number of halogens is 2. The van der Waals surface area contributed by atoms with Gasteiger partial charge in [0, 0.05) is 40.8 Å². The molecule has 0 aliphatic carbocycles. The highest BCUT2D eigenvalue weighted by Gasteiger charge is 2.31. The van der Waals surface area contributed by atoms with Crippen LogP contribution in [0.2, 0.25) is 5.02 Å². The van der Waals surface area contributed by atoms with Gasteiger partial charge in [0.15, 0.2) is 0 Å². The van der Waals surface area contributed by atoms with Gasteiger partial charge < -0.3 is 22.4 Å². The standard InChI is InChI=1S/C22H22ClN2O.ClH/c1-3-25(13-14-26)16-9-7-15(8-10-16)22-18-6-4-5-17-19(23)11-12-20(21(17)18)24(22)2;/h4-12,26H,3,13-14H2,1-2H3;1H/q+1;/p-1. The van der Waals surface area contributed by atoms with Gasteiger partial charge in [0.05, 0.1) is 17.6 Å². The van der Waals surface area contributed by atoms with Gasteiger partial charge in [-0.3, -0.25) is 0 Å². The van der Waals surface area contributed by atoms with Crippen molar-refractivity contribution in [3.05, 3.63) is 70.7 Å². The summed E-state index contributed by atoms with van der Waals surface area (Å²) in [7, 11) is 2.11. The van der Waals surface area contributed by atoms with E-state index >= 15 is 0 Å². The third-order valence-electron chi connectivity index (χ3n) is 5.17.